The molecule has 0 bridgehead atoms. The van der Waals surface area contributed by atoms with E-state index in [2.05, 4.69) is 42.1 Å². The number of rotatable bonds is 5. The van der Waals surface area contributed by atoms with Gasteiger partial charge in [0, 0.05) is 12.5 Å². The van der Waals surface area contributed by atoms with E-state index < -0.39 is 0 Å². The van der Waals surface area contributed by atoms with Crippen LogP contribution in [0.2, 0.25) is 0 Å². The molecule has 1 aliphatic carbocycles. The second-order valence-electron chi connectivity index (χ2n) is 5.31. The minimum absolute atomic E-state index is 0.679. The lowest BCUT2D eigenvalue weighted by Crippen LogP contribution is -2.12. The molecule has 0 aliphatic heterocycles. The highest BCUT2D eigenvalue weighted by atomic mass is 32.1. The maximum atomic E-state index is 5.87. The van der Waals surface area contributed by atoms with Crippen molar-refractivity contribution in [3.8, 4) is 0 Å². The summed E-state index contributed by atoms with van der Waals surface area (Å²) in [7, 11) is 0. The van der Waals surface area contributed by atoms with E-state index in [1.54, 1.807) is 11.3 Å². The average Bonchev–Trinajstić information content (AvgIpc) is 2.78. The van der Waals surface area contributed by atoms with Crippen LogP contribution in [0.25, 0.3) is 0 Å². The van der Waals surface area contributed by atoms with Gasteiger partial charge in [0.25, 0.3) is 0 Å². The van der Waals surface area contributed by atoms with Crippen LogP contribution in [0.3, 0.4) is 0 Å². The first kappa shape index (κ1) is 12.0. The van der Waals surface area contributed by atoms with Gasteiger partial charge in [-0.2, -0.15) is 11.3 Å². The van der Waals surface area contributed by atoms with E-state index in [-0.39, 0.29) is 0 Å². The van der Waals surface area contributed by atoms with E-state index in [0.29, 0.717) is 5.92 Å². The van der Waals surface area contributed by atoms with Gasteiger partial charge in [-0.15, -0.1) is 0 Å². The summed E-state index contributed by atoms with van der Waals surface area (Å²) in [6.07, 6.45) is 1.29. The van der Waals surface area contributed by atoms with Gasteiger partial charge in [-0.25, -0.2) is 0 Å². The number of nitrogens with one attached hydrogen (secondary N) is 1. The normalized spacial score (nSPS) is 22.3. The molecule has 2 unspecified atom stereocenters. The molecule has 3 heteroatoms. The maximum Gasteiger partial charge on any atom is 0.117 e. The van der Waals surface area contributed by atoms with Crippen molar-refractivity contribution in [2.24, 2.45) is 5.92 Å². The third kappa shape index (κ3) is 2.52. The lowest BCUT2D eigenvalue weighted by Gasteiger charge is -2.02. The van der Waals surface area contributed by atoms with Crippen LogP contribution in [0.5, 0.6) is 0 Å². The third-order valence-corrected chi connectivity index (χ3v) is 4.64. The zero-order valence-corrected chi connectivity index (χ0v) is 11.7. The fourth-order valence-electron chi connectivity index (χ4n) is 2.30. The highest BCUT2D eigenvalue weighted by Gasteiger charge is 2.36. The highest BCUT2D eigenvalue weighted by molar-refractivity contribution is 7.08. The second-order valence-corrected chi connectivity index (χ2v) is 6.05. The Hall–Kier alpha value is -1.06. The smallest absolute Gasteiger partial charge is 0.117 e. The molecule has 2 atom stereocenters. The van der Waals surface area contributed by atoms with Crippen molar-refractivity contribution in [3.63, 3.8) is 0 Å². The molecule has 1 saturated carbocycles. The quantitative estimate of drug-likeness (QED) is 0.878. The first-order valence-electron chi connectivity index (χ1n) is 6.55. The van der Waals surface area contributed by atoms with Crippen LogP contribution in [0, 0.1) is 12.8 Å². The topological polar surface area (TPSA) is 25.2 Å². The van der Waals surface area contributed by atoms with Gasteiger partial charge in [-0.05, 0) is 53.3 Å². The number of hydrogen-bond acceptors (Lipinski definition) is 3. The summed E-state index contributed by atoms with van der Waals surface area (Å²) in [6, 6.07) is 4.24. The molecule has 0 aromatic carbocycles. The molecule has 1 fully saturated rings. The summed E-state index contributed by atoms with van der Waals surface area (Å²) < 4.78 is 5.87. The van der Waals surface area contributed by atoms with Crippen LogP contribution >= 0.6 is 11.3 Å². The predicted molar refractivity (Wildman–Crippen MR) is 74.8 cm³/mol. The lowest BCUT2D eigenvalue weighted by molar-refractivity contribution is 0.444. The molecule has 0 saturated heterocycles. The number of thiophene rings is 1. The highest BCUT2D eigenvalue weighted by Crippen LogP contribution is 2.47. The number of furan rings is 1. The van der Waals surface area contributed by atoms with Gasteiger partial charge in [0.05, 0.1) is 6.54 Å². The van der Waals surface area contributed by atoms with Crippen LogP contribution in [0.4, 0.5) is 0 Å². The molecule has 2 aromatic rings. The SMILES string of the molecule is Cc1cscc1CNCc1ccc(C2CC2C)o1. The number of hydrogen-bond donors (Lipinski definition) is 1. The molecule has 96 valence electrons. The third-order valence-electron chi connectivity index (χ3n) is 3.73. The van der Waals surface area contributed by atoms with Gasteiger partial charge >= 0.3 is 0 Å². The Kier molecular flexibility index (Phi) is 3.27. The van der Waals surface area contributed by atoms with Crippen LogP contribution in [-0.4, -0.2) is 0 Å². The summed E-state index contributed by atoms with van der Waals surface area (Å²) in [5, 5.41) is 7.84. The first-order chi connectivity index (χ1) is 8.74. The molecule has 2 aromatic heterocycles. The van der Waals surface area contributed by atoms with Crippen LogP contribution < -0.4 is 5.32 Å². The molecular formula is C15H19NOS. The summed E-state index contributed by atoms with van der Waals surface area (Å²) in [4.78, 5) is 0. The van der Waals surface area contributed by atoms with Crippen molar-refractivity contribution >= 4 is 11.3 Å². The van der Waals surface area contributed by atoms with Crippen LogP contribution in [0.15, 0.2) is 27.3 Å². The van der Waals surface area contributed by atoms with Crippen molar-refractivity contribution in [3.05, 3.63) is 45.5 Å². The Labute approximate surface area is 112 Å². The monoisotopic (exact) mass is 261 g/mol. The van der Waals surface area contributed by atoms with E-state index in [9.17, 15) is 0 Å². The van der Waals surface area contributed by atoms with E-state index in [4.69, 9.17) is 4.42 Å². The molecule has 18 heavy (non-hydrogen) atoms. The Morgan fingerprint density at radius 3 is 2.83 bits per heavy atom. The minimum Gasteiger partial charge on any atom is -0.464 e. The maximum absolute atomic E-state index is 5.87. The molecule has 2 nitrogen and oxygen atoms in total. The van der Waals surface area contributed by atoms with Gasteiger partial charge < -0.3 is 9.73 Å². The minimum atomic E-state index is 0.679. The molecule has 3 rings (SSSR count). The van der Waals surface area contributed by atoms with Crippen molar-refractivity contribution < 1.29 is 4.42 Å². The lowest BCUT2D eigenvalue weighted by atomic mass is 10.2. The Bertz CT molecular complexity index is 528. The van der Waals surface area contributed by atoms with E-state index in [1.165, 1.54) is 23.3 Å². The molecule has 1 N–H and O–H groups in total. The predicted octanol–water partition coefficient (Wildman–Crippen LogP) is 4.06. The van der Waals surface area contributed by atoms with Crippen LogP contribution in [-0.2, 0) is 13.1 Å². The summed E-state index contributed by atoms with van der Waals surface area (Å²) in [5.74, 6) is 3.71. The Morgan fingerprint density at radius 2 is 2.17 bits per heavy atom. The van der Waals surface area contributed by atoms with Gasteiger partial charge in [0.1, 0.15) is 11.5 Å². The van der Waals surface area contributed by atoms with E-state index in [0.717, 1.165) is 24.8 Å². The van der Waals surface area contributed by atoms with Crippen molar-refractivity contribution in [2.45, 2.75) is 39.3 Å². The van der Waals surface area contributed by atoms with E-state index in [1.807, 2.05) is 0 Å². The largest absolute Gasteiger partial charge is 0.464 e. The Balaban J connectivity index is 1.51. The number of aryl methyl sites for hydroxylation is 1. The molecule has 1 aliphatic rings. The first-order valence-corrected chi connectivity index (χ1v) is 7.49. The van der Waals surface area contributed by atoms with Gasteiger partial charge in [0.15, 0.2) is 0 Å². The molecule has 2 heterocycles. The van der Waals surface area contributed by atoms with Gasteiger partial charge in [0.2, 0.25) is 0 Å². The van der Waals surface area contributed by atoms with Crippen molar-refractivity contribution in [1.82, 2.24) is 5.32 Å². The summed E-state index contributed by atoms with van der Waals surface area (Å²) in [6.45, 7) is 6.18. The zero-order valence-electron chi connectivity index (χ0n) is 10.9. The fraction of sp³-hybridized carbons (Fsp3) is 0.467. The van der Waals surface area contributed by atoms with Crippen molar-refractivity contribution in [2.75, 3.05) is 0 Å². The zero-order chi connectivity index (χ0) is 12.5. The molecular weight excluding hydrogens is 242 g/mol. The molecule has 0 spiro atoms. The van der Waals surface area contributed by atoms with Gasteiger partial charge in [-0.1, -0.05) is 6.92 Å². The second kappa shape index (κ2) is 4.90. The van der Waals surface area contributed by atoms with Gasteiger partial charge in [-0.3, -0.25) is 0 Å². The average molecular weight is 261 g/mol. The summed E-state index contributed by atoms with van der Waals surface area (Å²) in [5.41, 5.74) is 2.77. The van der Waals surface area contributed by atoms with E-state index >= 15 is 0 Å². The Morgan fingerprint density at radius 1 is 1.33 bits per heavy atom. The standard InChI is InChI=1S/C15H19NOS/c1-10-5-14(10)15-4-3-13(17-15)7-16-6-12-9-18-8-11(12)2/h3-4,8-10,14,16H,5-7H2,1-2H3. The molecule has 0 amide bonds. The fourth-order valence-corrected chi connectivity index (χ4v) is 3.15. The summed E-state index contributed by atoms with van der Waals surface area (Å²) >= 11 is 1.77. The van der Waals surface area contributed by atoms with Crippen molar-refractivity contribution in [1.29, 1.82) is 0 Å². The molecule has 0 radical (unpaired) electrons. The van der Waals surface area contributed by atoms with Crippen LogP contribution in [0.1, 0.15) is 41.9 Å².